The molecule has 0 radical (unpaired) electrons. The van der Waals surface area contributed by atoms with Crippen LogP contribution in [0.5, 0.6) is 0 Å². The van der Waals surface area contributed by atoms with Gasteiger partial charge in [0.2, 0.25) is 0 Å². The van der Waals surface area contributed by atoms with Gasteiger partial charge >= 0.3 is 5.97 Å². The molecular weight excluding hydrogens is 118 g/mol. The van der Waals surface area contributed by atoms with Gasteiger partial charge in [-0.3, -0.25) is 0 Å². The van der Waals surface area contributed by atoms with E-state index in [1.54, 1.807) is 0 Å². The van der Waals surface area contributed by atoms with Gasteiger partial charge in [-0.15, -0.1) is 0 Å². The van der Waals surface area contributed by atoms with Crippen molar-refractivity contribution in [1.29, 1.82) is 0 Å². The molecule has 0 fully saturated rings. The summed E-state index contributed by atoms with van der Waals surface area (Å²) in [6, 6.07) is 0. The van der Waals surface area contributed by atoms with E-state index in [-0.39, 0.29) is 6.15 Å². The first-order valence-electron chi connectivity index (χ1n) is 2.59. The molecule has 54 valence electrons. The van der Waals surface area contributed by atoms with Gasteiger partial charge < -0.3 is 11.3 Å². The zero-order valence-corrected chi connectivity index (χ0v) is 5.68. The van der Waals surface area contributed by atoms with Crippen LogP contribution in [0.1, 0.15) is 19.8 Å². The van der Waals surface area contributed by atoms with Crippen LogP contribution in [0.3, 0.4) is 0 Å². The smallest absolute Gasteiger partial charge is 0.330 e. The molecule has 0 aliphatic rings. The molecule has 3 heteroatoms. The van der Waals surface area contributed by atoms with Crippen molar-refractivity contribution < 1.29 is 9.90 Å². The molecule has 4 N–H and O–H groups in total. The summed E-state index contributed by atoms with van der Waals surface area (Å²) in [5.41, 5.74) is 0.299. The molecule has 0 aromatic heterocycles. The second kappa shape index (κ2) is 5.31. The minimum Gasteiger partial charge on any atom is -0.478 e. The van der Waals surface area contributed by atoms with Crippen LogP contribution in [0.25, 0.3) is 0 Å². The van der Waals surface area contributed by atoms with Crippen LogP contribution >= 0.6 is 0 Å². The summed E-state index contributed by atoms with van der Waals surface area (Å²) in [7, 11) is 0. The van der Waals surface area contributed by atoms with E-state index in [0.717, 1.165) is 6.42 Å². The number of rotatable bonds is 3. The van der Waals surface area contributed by atoms with Crippen LogP contribution in [-0.4, -0.2) is 11.1 Å². The zero-order valence-electron chi connectivity index (χ0n) is 5.68. The number of carbonyl (C=O) groups is 1. The van der Waals surface area contributed by atoms with Crippen LogP contribution in [0.4, 0.5) is 0 Å². The van der Waals surface area contributed by atoms with E-state index < -0.39 is 5.97 Å². The maximum Gasteiger partial charge on any atom is 0.330 e. The summed E-state index contributed by atoms with van der Waals surface area (Å²) >= 11 is 0. The van der Waals surface area contributed by atoms with Crippen molar-refractivity contribution in [3.63, 3.8) is 0 Å². The summed E-state index contributed by atoms with van der Waals surface area (Å²) < 4.78 is 0. The number of hydrogen-bond acceptors (Lipinski definition) is 2. The lowest BCUT2D eigenvalue weighted by Crippen LogP contribution is -1.97. The standard InChI is InChI=1S/C6H10O2.H3N/c1-3-4-5(2)6(7)8;/h2-4H2,1H3,(H,7,8);1H3. The molecule has 0 heterocycles. The van der Waals surface area contributed by atoms with E-state index in [0.29, 0.717) is 12.0 Å². The molecule has 0 aliphatic heterocycles. The van der Waals surface area contributed by atoms with Gasteiger partial charge in [-0.2, -0.15) is 0 Å². The molecule has 0 amide bonds. The van der Waals surface area contributed by atoms with Gasteiger partial charge in [-0.25, -0.2) is 4.79 Å². The highest BCUT2D eigenvalue weighted by Gasteiger charge is 1.99. The third kappa shape index (κ3) is 5.03. The van der Waals surface area contributed by atoms with Gasteiger partial charge in [0.25, 0.3) is 0 Å². The molecule has 0 aliphatic carbocycles. The third-order valence-corrected chi connectivity index (χ3v) is 0.854. The van der Waals surface area contributed by atoms with Crippen molar-refractivity contribution >= 4 is 5.97 Å². The summed E-state index contributed by atoms with van der Waals surface area (Å²) in [5.74, 6) is -0.883. The summed E-state index contributed by atoms with van der Waals surface area (Å²) in [6.07, 6.45) is 1.44. The van der Waals surface area contributed by atoms with Crippen LogP contribution in [0.2, 0.25) is 0 Å². The van der Waals surface area contributed by atoms with Crippen LogP contribution in [0, 0.1) is 0 Å². The van der Waals surface area contributed by atoms with Crippen LogP contribution in [-0.2, 0) is 4.79 Å². The second-order valence-electron chi connectivity index (χ2n) is 1.66. The second-order valence-corrected chi connectivity index (χ2v) is 1.66. The SMILES string of the molecule is C=C(CCC)C(=O)O.N. The van der Waals surface area contributed by atoms with Crippen molar-refractivity contribution in [2.45, 2.75) is 19.8 Å². The van der Waals surface area contributed by atoms with E-state index >= 15 is 0 Å². The lowest BCUT2D eigenvalue weighted by molar-refractivity contribution is -0.132. The number of carboxylic acids is 1. The molecule has 0 aromatic rings. The Morgan fingerprint density at radius 2 is 2.11 bits per heavy atom. The first-order valence-corrected chi connectivity index (χ1v) is 2.59. The van der Waals surface area contributed by atoms with Gasteiger partial charge in [-0.05, 0) is 6.42 Å². The number of carboxylic acid groups (broad SMARTS) is 1. The highest BCUT2D eigenvalue weighted by molar-refractivity contribution is 5.85. The Bertz CT molecular complexity index is 110. The number of hydrogen-bond donors (Lipinski definition) is 2. The molecule has 0 saturated carbocycles. The molecule has 0 atom stereocenters. The van der Waals surface area contributed by atoms with Gasteiger partial charge in [-0.1, -0.05) is 19.9 Å². The molecule has 0 aromatic carbocycles. The lowest BCUT2D eigenvalue weighted by Gasteiger charge is -1.92. The number of aliphatic carboxylic acids is 1. The van der Waals surface area contributed by atoms with E-state index in [4.69, 9.17) is 5.11 Å². The molecule has 0 spiro atoms. The largest absolute Gasteiger partial charge is 0.478 e. The fraction of sp³-hybridized carbons (Fsp3) is 0.500. The van der Waals surface area contributed by atoms with Crippen LogP contribution in [0.15, 0.2) is 12.2 Å². The fourth-order valence-electron chi connectivity index (χ4n) is 0.409. The Morgan fingerprint density at radius 3 is 2.22 bits per heavy atom. The third-order valence-electron chi connectivity index (χ3n) is 0.854. The van der Waals surface area contributed by atoms with Gasteiger partial charge in [0, 0.05) is 5.57 Å². The van der Waals surface area contributed by atoms with Crippen molar-refractivity contribution in [3.05, 3.63) is 12.2 Å². The van der Waals surface area contributed by atoms with E-state index in [2.05, 4.69) is 6.58 Å². The van der Waals surface area contributed by atoms with Crippen molar-refractivity contribution in [2.75, 3.05) is 0 Å². The predicted molar refractivity (Wildman–Crippen MR) is 36.7 cm³/mol. The van der Waals surface area contributed by atoms with Gasteiger partial charge in [0.15, 0.2) is 0 Å². The zero-order chi connectivity index (χ0) is 6.57. The summed E-state index contributed by atoms with van der Waals surface area (Å²) in [5, 5.41) is 8.21. The average Bonchev–Trinajstić information content (AvgIpc) is 1.67. The summed E-state index contributed by atoms with van der Waals surface area (Å²) in [6.45, 7) is 5.27. The Kier molecular flexibility index (Phi) is 6.51. The van der Waals surface area contributed by atoms with Crippen molar-refractivity contribution in [3.8, 4) is 0 Å². The molecular formula is C6H13NO2. The highest BCUT2D eigenvalue weighted by Crippen LogP contribution is 1.99. The first kappa shape index (κ1) is 11.0. The van der Waals surface area contributed by atoms with Gasteiger partial charge in [0.1, 0.15) is 0 Å². The molecule has 0 unspecified atom stereocenters. The molecule has 0 rings (SSSR count). The van der Waals surface area contributed by atoms with Crippen molar-refractivity contribution in [1.82, 2.24) is 6.15 Å². The Morgan fingerprint density at radius 1 is 1.67 bits per heavy atom. The monoisotopic (exact) mass is 131 g/mol. The van der Waals surface area contributed by atoms with Gasteiger partial charge in [0.05, 0.1) is 0 Å². The average molecular weight is 131 g/mol. The topological polar surface area (TPSA) is 72.3 Å². The van der Waals surface area contributed by atoms with E-state index in [9.17, 15) is 4.79 Å². The van der Waals surface area contributed by atoms with Crippen molar-refractivity contribution in [2.24, 2.45) is 0 Å². The van der Waals surface area contributed by atoms with E-state index in [1.165, 1.54) is 0 Å². The normalized spacial score (nSPS) is 7.67. The Balaban J connectivity index is 0. The lowest BCUT2D eigenvalue weighted by atomic mass is 10.2. The molecule has 0 saturated heterocycles. The molecule has 0 bridgehead atoms. The summed E-state index contributed by atoms with van der Waals surface area (Å²) in [4.78, 5) is 9.99. The fourth-order valence-corrected chi connectivity index (χ4v) is 0.409. The van der Waals surface area contributed by atoms with E-state index in [1.807, 2.05) is 6.92 Å². The maximum absolute atomic E-state index is 9.99. The quantitative estimate of drug-likeness (QED) is 0.571. The Labute approximate surface area is 55.0 Å². The predicted octanol–water partition coefficient (Wildman–Crippen LogP) is 1.59. The first-order chi connectivity index (χ1) is 3.68. The Hall–Kier alpha value is -0.830. The molecule has 9 heavy (non-hydrogen) atoms. The minimum absolute atomic E-state index is 0. The minimum atomic E-state index is -0.883. The van der Waals surface area contributed by atoms with Crippen LogP contribution < -0.4 is 6.15 Å². The maximum atomic E-state index is 9.99. The molecule has 3 nitrogen and oxygen atoms in total. The highest BCUT2D eigenvalue weighted by atomic mass is 16.4.